The van der Waals surface area contributed by atoms with Gasteiger partial charge in [0.15, 0.2) is 5.79 Å². The number of carboxylic acids is 1. The van der Waals surface area contributed by atoms with Crippen LogP contribution in [0.3, 0.4) is 0 Å². The van der Waals surface area contributed by atoms with Gasteiger partial charge in [0.05, 0.1) is 18.6 Å². The molecule has 0 aromatic heterocycles. The minimum Gasteiger partial charge on any atom is -0.481 e. The van der Waals surface area contributed by atoms with Gasteiger partial charge < -0.3 is 14.6 Å². The van der Waals surface area contributed by atoms with Gasteiger partial charge in [-0.2, -0.15) is 0 Å². The Bertz CT molecular complexity index is 487. The molecule has 1 N–H and O–H groups in total. The van der Waals surface area contributed by atoms with Gasteiger partial charge in [0.1, 0.15) is 0 Å². The highest BCUT2D eigenvalue weighted by atomic mass is 32.2. The average molecular weight is 296 g/mol. The van der Waals surface area contributed by atoms with E-state index in [1.54, 1.807) is 18.7 Å². The molecular weight excluding hydrogens is 276 g/mol. The van der Waals surface area contributed by atoms with Gasteiger partial charge in [-0.25, -0.2) is 0 Å². The van der Waals surface area contributed by atoms with Crippen molar-refractivity contribution >= 4 is 17.7 Å². The predicted molar refractivity (Wildman–Crippen MR) is 78.1 cm³/mol. The first-order chi connectivity index (χ1) is 9.37. The Morgan fingerprint density at radius 3 is 2.90 bits per heavy atom. The van der Waals surface area contributed by atoms with Crippen LogP contribution in [0, 0.1) is 0 Å². The van der Waals surface area contributed by atoms with Gasteiger partial charge in [-0.05, 0) is 38.5 Å². The maximum atomic E-state index is 11.0. The van der Waals surface area contributed by atoms with Crippen molar-refractivity contribution in [2.75, 3.05) is 12.4 Å². The Morgan fingerprint density at radius 1 is 1.55 bits per heavy atom. The molecule has 1 saturated heterocycles. The highest BCUT2D eigenvalue weighted by Gasteiger charge is 2.32. The summed E-state index contributed by atoms with van der Waals surface area (Å²) >= 11 is 1.66. The summed E-state index contributed by atoms with van der Waals surface area (Å²) in [6.45, 7) is 6.12. The lowest BCUT2D eigenvalue weighted by Gasteiger charge is -2.17. The summed E-state index contributed by atoms with van der Waals surface area (Å²) in [6.07, 6.45) is 0.0792. The third kappa shape index (κ3) is 3.98. The molecular formula is C15H20O4S. The number of aliphatic carboxylic acids is 1. The molecule has 1 heterocycles. The SMILES string of the molecule is CC(C(=O)O)c1cccc(SCC2COC(C)(C)O2)c1. The Labute approximate surface area is 123 Å². The van der Waals surface area contributed by atoms with Crippen molar-refractivity contribution in [3.63, 3.8) is 0 Å². The van der Waals surface area contributed by atoms with Crippen LogP contribution in [-0.4, -0.2) is 35.3 Å². The molecule has 0 saturated carbocycles. The van der Waals surface area contributed by atoms with E-state index in [9.17, 15) is 4.79 Å². The van der Waals surface area contributed by atoms with E-state index < -0.39 is 17.7 Å². The first kappa shape index (κ1) is 15.4. The molecule has 2 unspecified atom stereocenters. The van der Waals surface area contributed by atoms with Crippen LogP contribution in [0.5, 0.6) is 0 Å². The number of hydrogen-bond acceptors (Lipinski definition) is 4. The second-order valence-corrected chi connectivity index (χ2v) is 6.49. The van der Waals surface area contributed by atoms with E-state index in [2.05, 4.69) is 0 Å². The smallest absolute Gasteiger partial charge is 0.310 e. The number of carboxylic acid groups (broad SMARTS) is 1. The minimum atomic E-state index is -0.804. The summed E-state index contributed by atoms with van der Waals surface area (Å²) < 4.78 is 11.3. The van der Waals surface area contributed by atoms with Crippen LogP contribution < -0.4 is 0 Å². The van der Waals surface area contributed by atoms with Crippen LogP contribution in [0.4, 0.5) is 0 Å². The van der Waals surface area contributed by atoms with Crippen LogP contribution in [0.1, 0.15) is 32.3 Å². The molecule has 0 aliphatic carbocycles. The van der Waals surface area contributed by atoms with Crippen molar-refractivity contribution < 1.29 is 19.4 Å². The number of rotatable bonds is 5. The van der Waals surface area contributed by atoms with Gasteiger partial charge in [-0.1, -0.05) is 12.1 Å². The maximum absolute atomic E-state index is 11.0. The van der Waals surface area contributed by atoms with Crippen molar-refractivity contribution in [1.82, 2.24) is 0 Å². The molecule has 1 aromatic rings. The first-order valence-electron chi connectivity index (χ1n) is 6.65. The molecule has 1 aliphatic rings. The molecule has 1 fully saturated rings. The molecule has 4 nitrogen and oxygen atoms in total. The molecule has 1 aliphatic heterocycles. The summed E-state index contributed by atoms with van der Waals surface area (Å²) in [7, 11) is 0. The summed E-state index contributed by atoms with van der Waals surface area (Å²) in [5.41, 5.74) is 0.825. The van der Waals surface area contributed by atoms with E-state index in [1.807, 2.05) is 38.1 Å². The molecule has 1 aromatic carbocycles. The standard InChI is InChI=1S/C15H20O4S/c1-10(14(16)17)11-5-4-6-13(7-11)20-9-12-8-18-15(2,3)19-12/h4-7,10,12H,8-9H2,1-3H3,(H,16,17). The highest BCUT2D eigenvalue weighted by Crippen LogP contribution is 2.29. The molecule has 0 bridgehead atoms. The molecule has 0 spiro atoms. The van der Waals surface area contributed by atoms with E-state index in [4.69, 9.17) is 14.6 Å². The molecule has 5 heteroatoms. The second-order valence-electron chi connectivity index (χ2n) is 5.39. The van der Waals surface area contributed by atoms with Gasteiger partial charge in [-0.15, -0.1) is 11.8 Å². The van der Waals surface area contributed by atoms with Crippen LogP contribution in [-0.2, 0) is 14.3 Å². The fraction of sp³-hybridized carbons (Fsp3) is 0.533. The number of hydrogen-bond donors (Lipinski definition) is 1. The van der Waals surface area contributed by atoms with Crippen LogP contribution in [0.15, 0.2) is 29.2 Å². The van der Waals surface area contributed by atoms with Crippen molar-refractivity contribution in [2.45, 2.75) is 43.5 Å². The number of carbonyl (C=O) groups is 1. The fourth-order valence-electron chi connectivity index (χ4n) is 2.05. The monoisotopic (exact) mass is 296 g/mol. The van der Waals surface area contributed by atoms with Crippen LogP contribution >= 0.6 is 11.8 Å². The summed E-state index contributed by atoms with van der Waals surface area (Å²) in [4.78, 5) is 12.1. The topological polar surface area (TPSA) is 55.8 Å². The van der Waals surface area contributed by atoms with Crippen molar-refractivity contribution in [3.05, 3.63) is 29.8 Å². The van der Waals surface area contributed by atoms with E-state index >= 15 is 0 Å². The van der Waals surface area contributed by atoms with E-state index in [0.717, 1.165) is 16.2 Å². The lowest BCUT2D eigenvalue weighted by atomic mass is 10.0. The predicted octanol–water partition coefficient (Wildman–Crippen LogP) is 3.12. The first-order valence-corrected chi connectivity index (χ1v) is 7.63. The van der Waals surface area contributed by atoms with Gasteiger partial charge in [0.25, 0.3) is 0 Å². The summed E-state index contributed by atoms with van der Waals surface area (Å²) in [5.74, 6) is -0.985. The molecule has 2 rings (SSSR count). The average Bonchev–Trinajstić information content (AvgIpc) is 2.75. The van der Waals surface area contributed by atoms with Gasteiger partial charge in [0, 0.05) is 10.6 Å². The van der Waals surface area contributed by atoms with Crippen LogP contribution in [0.2, 0.25) is 0 Å². The van der Waals surface area contributed by atoms with E-state index in [0.29, 0.717) is 6.61 Å². The molecule has 0 amide bonds. The third-order valence-corrected chi connectivity index (χ3v) is 4.36. The van der Waals surface area contributed by atoms with E-state index in [-0.39, 0.29) is 6.10 Å². The zero-order valence-electron chi connectivity index (χ0n) is 12.0. The number of benzene rings is 1. The van der Waals surface area contributed by atoms with Gasteiger partial charge >= 0.3 is 5.97 Å². The largest absolute Gasteiger partial charge is 0.481 e. The van der Waals surface area contributed by atoms with Gasteiger partial charge in [0.2, 0.25) is 0 Å². The lowest BCUT2D eigenvalue weighted by molar-refractivity contribution is -0.138. The van der Waals surface area contributed by atoms with Gasteiger partial charge in [-0.3, -0.25) is 4.79 Å². The Balaban J connectivity index is 1.94. The lowest BCUT2D eigenvalue weighted by Crippen LogP contribution is -2.22. The van der Waals surface area contributed by atoms with Crippen molar-refractivity contribution in [3.8, 4) is 0 Å². The number of thioether (sulfide) groups is 1. The molecule has 20 heavy (non-hydrogen) atoms. The fourth-order valence-corrected chi connectivity index (χ4v) is 2.99. The molecule has 110 valence electrons. The highest BCUT2D eigenvalue weighted by molar-refractivity contribution is 7.99. The van der Waals surface area contributed by atoms with Crippen molar-refractivity contribution in [2.24, 2.45) is 0 Å². The Kier molecular flexibility index (Phi) is 4.73. The molecule has 0 radical (unpaired) electrons. The normalized spacial score (nSPS) is 22.6. The third-order valence-electron chi connectivity index (χ3n) is 3.23. The Hall–Kier alpha value is -1.04. The summed E-state index contributed by atoms with van der Waals surface area (Å²) in [6, 6.07) is 7.67. The zero-order valence-corrected chi connectivity index (χ0v) is 12.8. The molecule has 2 atom stereocenters. The quantitative estimate of drug-likeness (QED) is 0.846. The van der Waals surface area contributed by atoms with Crippen molar-refractivity contribution in [1.29, 1.82) is 0 Å². The Morgan fingerprint density at radius 2 is 2.30 bits per heavy atom. The zero-order chi connectivity index (χ0) is 14.8. The minimum absolute atomic E-state index is 0.0792. The van der Waals surface area contributed by atoms with Crippen LogP contribution in [0.25, 0.3) is 0 Å². The maximum Gasteiger partial charge on any atom is 0.310 e. The van der Waals surface area contributed by atoms with E-state index in [1.165, 1.54) is 0 Å². The summed E-state index contributed by atoms with van der Waals surface area (Å²) in [5, 5.41) is 9.04. The number of ether oxygens (including phenoxy) is 2. The second kappa shape index (κ2) is 6.16.